The number of carbonyl (C=O) groups excluding carboxylic acids is 2. The number of aliphatic hydroxyl groups excluding tert-OH is 3. The monoisotopic (exact) mass is 1020 g/mol. The number of aliphatic hydroxyl groups is 3. The number of nitrogens with zero attached hydrogens (tertiary/aromatic N) is 1. The third-order valence-corrected chi connectivity index (χ3v) is 21.9. The zero-order valence-electron chi connectivity index (χ0n) is 46.2. The van der Waals surface area contributed by atoms with Crippen LogP contribution >= 0.6 is 0 Å². The molecular weight excluding hydrogens is 917 g/mol. The van der Waals surface area contributed by atoms with Crippen molar-refractivity contribution in [3.8, 4) is 0 Å². The number of hydrogen-bond acceptors (Lipinski definition) is 9. The van der Waals surface area contributed by atoms with Crippen molar-refractivity contribution in [2.45, 2.75) is 232 Å². The molecular formula is C61H104N4O8. The summed E-state index contributed by atoms with van der Waals surface area (Å²) in [5.74, 6) is 10.5. The van der Waals surface area contributed by atoms with Crippen LogP contribution in [0.4, 0.5) is 4.79 Å². The molecule has 0 radical (unpaired) electrons. The zero-order valence-corrected chi connectivity index (χ0v) is 46.2. The van der Waals surface area contributed by atoms with Crippen molar-refractivity contribution >= 4 is 18.0 Å². The summed E-state index contributed by atoms with van der Waals surface area (Å²) in [5.41, 5.74) is 5.85. The van der Waals surface area contributed by atoms with Crippen LogP contribution in [0.3, 0.4) is 0 Å². The summed E-state index contributed by atoms with van der Waals surface area (Å²) in [7, 11) is 0. The van der Waals surface area contributed by atoms with Crippen molar-refractivity contribution in [2.75, 3.05) is 39.3 Å². The smallest absolute Gasteiger partial charge is 0.410 e. The quantitative estimate of drug-likeness (QED) is 0.0824. The van der Waals surface area contributed by atoms with Gasteiger partial charge in [-0.05, 0) is 296 Å². The average molecular weight is 1020 g/mol. The van der Waals surface area contributed by atoms with E-state index >= 15 is 0 Å². The van der Waals surface area contributed by atoms with Crippen LogP contribution in [0.2, 0.25) is 0 Å². The number of carboxylic acid groups (broad SMARTS) is 1. The van der Waals surface area contributed by atoms with Gasteiger partial charge in [-0.15, -0.1) is 0 Å². The average Bonchev–Trinajstić information content (AvgIpc) is 3.28. The van der Waals surface area contributed by atoms with Crippen molar-refractivity contribution in [1.82, 2.24) is 15.5 Å². The van der Waals surface area contributed by atoms with E-state index in [9.17, 15) is 29.7 Å². The van der Waals surface area contributed by atoms with Crippen molar-refractivity contribution in [2.24, 2.45) is 98.4 Å². The molecule has 0 spiro atoms. The number of rotatable bonds is 14. The second-order valence-electron chi connectivity index (χ2n) is 29.1. The van der Waals surface area contributed by atoms with Crippen molar-refractivity contribution < 1.29 is 39.5 Å². The predicted octanol–water partition coefficient (Wildman–Crippen LogP) is 10.1. The van der Waals surface area contributed by atoms with Gasteiger partial charge in [-0.2, -0.15) is 0 Å². The van der Waals surface area contributed by atoms with Crippen molar-refractivity contribution in [1.29, 1.82) is 0 Å². The fraction of sp³-hybridized carbons (Fsp3) is 0.951. The van der Waals surface area contributed by atoms with E-state index in [4.69, 9.17) is 15.6 Å². The molecule has 1 aliphatic heterocycles. The number of ether oxygens (including phenoxy) is 1. The van der Waals surface area contributed by atoms with Crippen LogP contribution in [0, 0.1) is 92.7 Å². The second kappa shape index (κ2) is 23.5. The number of hydrogen-bond donors (Lipinski definition) is 7. The third kappa shape index (κ3) is 13.8. The van der Waals surface area contributed by atoms with Gasteiger partial charge in [-0.25, -0.2) is 4.79 Å². The van der Waals surface area contributed by atoms with Crippen LogP contribution < -0.4 is 16.4 Å². The Labute approximate surface area is 441 Å². The summed E-state index contributed by atoms with van der Waals surface area (Å²) in [5, 5.41) is 43.0. The van der Waals surface area contributed by atoms with E-state index in [0.29, 0.717) is 36.8 Å². The van der Waals surface area contributed by atoms with E-state index in [0.717, 1.165) is 142 Å². The van der Waals surface area contributed by atoms with Crippen LogP contribution in [-0.4, -0.2) is 107 Å². The first-order valence-corrected chi connectivity index (χ1v) is 30.7. The molecule has 0 aromatic heterocycles. The summed E-state index contributed by atoms with van der Waals surface area (Å²) in [4.78, 5) is 37.8. The first-order chi connectivity index (χ1) is 34.8. The third-order valence-electron chi connectivity index (χ3n) is 21.9. The van der Waals surface area contributed by atoms with Gasteiger partial charge >= 0.3 is 12.1 Å². The van der Waals surface area contributed by atoms with Crippen molar-refractivity contribution in [3.63, 3.8) is 0 Å². The molecule has 1 saturated heterocycles. The minimum Gasteiger partial charge on any atom is -0.481 e. The molecule has 0 aromatic rings. The number of nitrogens with two attached hydrogens (primary N) is 1. The lowest BCUT2D eigenvalue weighted by molar-refractivity contribution is -0.164. The minimum absolute atomic E-state index is 0.0343. The molecule has 16 aliphatic carbocycles. The summed E-state index contributed by atoms with van der Waals surface area (Å²) in [6.07, 6.45) is 34.6. The Morgan fingerprint density at radius 2 is 0.932 bits per heavy atom. The van der Waals surface area contributed by atoms with Gasteiger partial charge in [0.15, 0.2) is 0 Å². The zero-order chi connectivity index (χ0) is 51.7. The Bertz CT molecular complexity index is 1710. The summed E-state index contributed by atoms with van der Waals surface area (Å²) < 4.78 is 5.40. The summed E-state index contributed by atoms with van der Waals surface area (Å²) >= 11 is 0. The highest BCUT2D eigenvalue weighted by atomic mass is 16.6. The molecule has 8 N–H and O–H groups in total. The van der Waals surface area contributed by atoms with Gasteiger partial charge in [0.25, 0.3) is 0 Å². The Kier molecular flexibility index (Phi) is 18.0. The lowest BCUT2D eigenvalue weighted by Crippen LogP contribution is -2.53. The van der Waals surface area contributed by atoms with E-state index in [2.05, 4.69) is 10.6 Å². The molecule has 12 heteroatoms. The normalized spacial score (nSPS) is 44.2. The van der Waals surface area contributed by atoms with Gasteiger partial charge in [0, 0.05) is 38.0 Å². The first-order valence-electron chi connectivity index (χ1n) is 30.7. The second-order valence-corrected chi connectivity index (χ2v) is 29.1. The standard InChI is InChI=1S/C16H25NO2.C15H25NO2.C15H27NO.C11H16O2.C4H11NO/c1-11-2-3-17(15(18)19-11)10-16-7-12-4-13(8-16)6-14(5-12)9-16;1-10(17)2-3-16-14(18)15-7-11-4-12(8-15)6-13(5-11)9-15;1-11(17)2-3-16-10-15-7-12-4-13(8-15)6-14(5-12)9-15;12-10(13)11-4-7-1-8(5-11)3-9(2-7)6-11;1-4(6)2-3-5/h11-14H,2-10H2,1H3;10-13,17H,2-9H2,1H3,(H,16,18);11-14,16-17H,2-10H2,1H3;7-9H,1-6H2,(H,12,13);4,6H,2-3,5H2,1H3. The van der Waals surface area contributed by atoms with Crippen LogP contribution in [-0.2, 0) is 14.3 Å². The first kappa shape index (κ1) is 55.8. The topological polar surface area (TPSA) is 195 Å². The Hall–Kier alpha value is -1.99. The predicted molar refractivity (Wildman–Crippen MR) is 286 cm³/mol. The largest absolute Gasteiger partial charge is 0.481 e. The minimum atomic E-state index is -0.508. The van der Waals surface area contributed by atoms with E-state index in [1.54, 1.807) is 13.8 Å². The van der Waals surface area contributed by atoms with E-state index in [1.807, 2.05) is 18.7 Å². The molecule has 16 saturated carbocycles. The van der Waals surface area contributed by atoms with Gasteiger partial charge in [-0.1, -0.05) is 0 Å². The lowest BCUT2D eigenvalue weighted by Gasteiger charge is -2.58. The molecule has 4 unspecified atom stereocenters. The molecule has 16 bridgehead atoms. The Balaban J connectivity index is 0.000000116. The number of carbonyl (C=O) groups is 3. The van der Waals surface area contributed by atoms with E-state index in [1.165, 1.54) is 122 Å². The number of nitrogens with one attached hydrogen (secondary N) is 2. The SMILES string of the molecule is CC(O)CCN.CC(O)CCNC(=O)C12CC3CC(CC(C3)C1)C2.CC(O)CCNCC12CC3CC(CC(C3)C1)C2.CC1CCN(CC23CC4CC(CC(C4)C2)C3)C(=O)O1.O=C(O)C12CC3CC(CC(C3)C1)C2. The maximum atomic E-state index is 12.5. The van der Waals surface area contributed by atoms with Crippen LogP contribution in [0.5, 0.6) is 0 Å². The fourth-order valence-electron chi connectivity index (χ4n) is 20.5. The number of aliphatic carboxylic acids is 1. The summed E-state index contributed by atoms with van der Waals surface area (Å²) in [6.45, 7) is 12.7. The van der Waals surface area contributed by atoms with Gasteiger partial charge in [0.2, 0.25) is 5.91 Å². The highest BCUT2D eigenvalue weighted by Crippen LogP contribution is 2.63. The lowest BCUT2D eigenvalue weighted by atomic mass is 9.49. The molecule has 0 aromatic carbocycles. The maximum absolute atomic E-state index is 12.5. The molecule has 12 nitrogen and oxygen atoms in total. The maximum Gasteiger partial charge on any atom is 0.410 e. The van der Waals surface area contributed by atoms with Gasteiger partial charge < -0.3 is 46.4 Å². The molecule has 17 rings (SSSR count). The van der Waals surface area contributed by atoms with Gasteiger partial charge in [0.05, 0.1) is 23.7 Å². The summed E-state index contributed by atoms with van der Waals surface area (Å²) in [6, 6.07) is 0. The number of amides is 2. The van der Waals surface area contributed by atoms with Gasteiger partial charge in [-0.3, -0.25) is 9.59 Å². The molecule has 1 heterocycles. The molecule has 2 amide bonds. The van der Waals surface area contributed by atoms with Gasteiger partial charge in [0.1, 0.15) is 6.10 Å². The van der Waals surface area contributed by atoms with Crippen LogP contribution in [0.1, 0.15) is 207 Å². The van der Waals surface area contributed by atoms with E-state index < -0.39 is 5.97 Å². The number of carboxylic acids is 1. The number of cyclic esters (lactones) is 1. The fourth-order valence-corrected chi connectivity index (χ4v) is 20.5. The van der Waals surface area contributed by atoms with E-state index in [-0.39, 0.29) is 47.2 Å². The Morgan fingerprint density at radius 3 is 1.27 bits per heavy atom. The molecule has 4 atom stereocenters. The molecule has 17 fully saturated rings. The highest BCUT2D eigenvalue weighted by Gasteiger charge is 2.57. The molecule has 17 aliphatic rings. The molecule has 416 valence electrons. The Morgan fingerprint density at radius 1 is 0.575 bits per heavy atom. The molecule has 73 heavy (non-hydrogen) atoms. The van der Waals surface area contributed by atoms with Crippen LogP contribution in [0.15, 0.2) is 0 Å². The van der Waals surface area contributed by atoms with Crippen LogP contribution in [0.25, 0.3) is 0 Å². The highest BCUT2D eigenvalue weighted by molar-refractivity contribution is 5.83. The van der Waals surface area contributed by atoms with Crippen molar-refractivity contribution in [3.05, 3.63) is 0 Å².